The molecule has 5 heteroatoms. The van der Waals surface area contributed by atoms with Gasteiger partial charge in [0.05, 0.1) is 16.3 Å². The van der Waals surface area contributed by atoms with Gasteiger partial charge in [-0.15, -0.1) is 0 Å². The summed E-state index contributed by atoms with van der Waals surface area (Å²) < 4.78 is 1.07. The van der Waals surface area contributed by atoms with Gasteiger partial charge in [-0.25, -0.2) is 4.98 Å². The largest absolute Gasteiger partial charge is 0.399 e. The summed E-state index contributed by atoms with van der Waals surface area (Å²) in [7, 11) is 0. The van der Waals surface area contributed by atoms with Gasteiger partial charge >= 0.3 is 0 Å². The van der Waals surface area contributed by atoms with Gasteiger partial charge in [0.25, 0.3) is 0 Å². The van der Waals surface area contributed by atoms with Gasteiger partial charge in [-0.2, -0.15) is 0 Å². The zero-order valence-corrected chi connectivity index (χ0v) is 11.5. The second kappa shape index (κ2) is 5.54. The number of fused-ring (bicyclic) bond motifs is 1. The first-order valence-corrected chi connectivity index (χ1v) is 6.94. The van der Waals surface area contributed by atoms with E-state index in [0.717, 1.165) is 27.5 Å². The van der Waals surface area contributed by atoms with Gasteiger partial charge in [0.1, 0.15) is 0 Å². The number of hydrogen-bond acceptors (Lipinski definition) is 5. The molecule has 4 nitrogen and oxygen atoms in total. The number of rotatable bonds is 5. The topological polar surface area (TPSA) is 71.2 Å². The Morgan fingerprint density at radius 2 is 2.22 bits per heavy atom. The van der Waals surface area contributed by atoms with Crippen LogP contribution < -0.4 is 11.1 Å². The number of aromatic nitrogens is 1. The van der Waals surface area contributed by atoms with Crippen LogP contribution in [0.15, 0.2) is 18.2 Å². The molecule has 0 bridgehead atoms. The quantitative estimate of drug-likeness (QED) is 0.727. The molecule has 0 aliphatic carbocycles. The van der Waals surface area contributed by atoms with Gasteiger partial charge in [-0.05, 0) is 30.5 Å². The number of nitrogens with zero attached hydrogens (tertiary/aromatic N) is 1. The Balaban J connectivity index is 1.99. The Morgan fingerprint density at radius 1 is 1.44 bits per heavy atom. The van der Waals surface area contributed by atoms with Crippen LogP contribution in [-0.2, 0) is 0 Å². The second-order valence-electron chi connectivity index (χ2n) is 4.91. The molecule has 0 saturated heterocycles. The maximum absolute atomic E-state index is 9.79. The van der Waals surface area contributed by atoms with Crippen molar-refractivity contribution in [1.29, 1.82) is 0 Å². The summed E-state index contributed by atoms with van der Waals surface area (Å²) >= 11 is 1.56. The van der Waals surface area contributed by atoms with Crippen LogP contribution in [-0.4, -0.2) is 22.7 Å². The van der Waals surface area contributed by atoms with Gasteiger partial charge in [-0.3, -0.25) is 0 Å². The van der Waals surface area contributed by atoms with Crippen molar-refractivity contribution >= 4 is 32.4 Å². The van der Waals surface area contributed by atoms with Crippen LogP contribution in [0.5, 0.6) is 0 Å². The monoisotopic (exact) mass is 265 g/mol. The molecular formula is C13H19N3OS. The van der Waals surface area contributed by atoms with Crippen LogP contribution in [0.4, 0.5) is 10.8 Å². The molecule has 2 rings (SSSR count). The zero-order valence-electron chi connectivity index (χ0n) is 10.7. The molecular weight excluding hydrogens is 246 g/mol. The number of aliphatic hydroxyl groups excluding tert-OH is 1. The van der Waals surface area contributed by atoms with E-state index < -0.39 is 0 Å². The van der Waals surface area contributed by atoms with Gasteiger partial charge in [0.2, 0.25) is 0 Å². The molecule has 0 spiro atoms. The first-order chi connectivity index (χ1) is 8.54. The molecule has 0 radical (unpaired) electrons. The van der Waals surface area contributed by atoms with Gasteiger partial charge in [0, 0.05) is 12.2 Å². The molecule has 0 aliphatic rings. The van der Waals surface area contributed by atoms with Crippen molar-refractivity contribution < 1.29 is 5.11 Å². The normalized spacial score (nSPS) is 13.1. The highest BCUT2D eigenvalue weighted by atomic mass is 32.1. The molecule has 4 N–H and O–H groups in total. The third-order valence-corrected chi connectivity index (χ3v) is 3.62. The fourth-order valence-electron chi connectivity index (χ4n) is 1.85. The van der Waals surface area contributed by atoms with E-state index in [2.05, 4.69) is 24.1 Å². The molecule has 0 amide bonds. The van der Waals surface area contributed by atoms with Crippen LogP contribution >= 0.6 is 11.3 Å². The molecule has 0 aliphatic heterocycles. The summed E-state index contributed by atoms with van der Waals surface area (Å²) in [6.07, 6.45) is 0.465. The number of nitrogens with one attached hydrogen (secondary N) is 1. The number of nitrogen functional groups attached to an aromatic ring is 1. The third-order valence-electron chi connectivity index (χ3n) is 2.64. The van der Waals surface area contributed by atoms with Crippen molar-refractivity contribution in [2.24, 2.45) is 5.92 Å². The summed E-state index contributed by atoms with van der Waals surface area (Å²) in [5.74, 6) is 0.497. The molecule has 0 fully saturated rings. The first-order valence-electron chi connectivity index (χ1n) is 6.12. The van der Waals surface area contributed by atoms with E-state index in [0.29, 0.717) is 12.5 Å². The minimum Gasteiger partial charge on any atom is -0.399 e. The van der Waals surface area contributed by atoms with Crippen LogP contribution in [0.1, 0.15) is 20.3 Å². The summed E-state index contributed by atoms with van der Waals surface area (Å²) in [6.45, 7) is 4.74. The summed E-state index contributed by atoms with van der Waals surface area (Å²) in [5, 5.41) is 13.8. The number of anilines is 2. The van der Waals surface area contributed by atoms with E-state index in [-0.39, 0.29) is 6.10 Å². The van der Waals surface area contributed by atoms with Crippen LogP contribution in [0.2, 0.25) is 0 Å². The minimum atomic E-state index is -0.331. The fourth-order valence-corrected chi connectivity index (χ4v) is 2.77. The Labute approximate surface area is 111 Å². The zero-order chi connectivity index (χ0) is 13.1. The van der Waals surface area contributed by atoms with Crippen LogP contribution in [0.3, 0.4) is 0 Å². The Morgan fingerprint density at radius 3 is 2.94 bits per heavy atom. The third kappa shape index (κ3) is 3.34. The van der Waals surface area contributed by atoms with Crippen molar-refractivity contribution in [3.63, 3.8) is 0 Å². The van der Waals surface area contributed by atoms with Crippen LogP contribution in [0, 0.1) is 5.92 Å². The lowest BCUT2D eigenvalue weighted by molar-refractivity contribution is 0.161. The van der Waals surface area contributed by atoms with E-state index in [1.807, 2.05) is 18.2 Å². The molecule has 1 heterocycles. The standard InChI is InChI=1S/C13H19N3OS/c1-8(2)5-10(17)7-15-13-16-11-4-3-9(14)6-12(11)18-13/h3-4,6,8,10,17H,5,7,14H2,1-2H3,(H,15,16). The predicted molar refractivity (Wildman–Crippen MR) is 78.0 cm³/mol. The van der Waals surface area contributed by atoms with E-state index in [1.54, 1.807) is 11.3 Å². The van der Waals surface area contributed by atoms with Crippen molar-refractivity contribution in [2.75, 3.05) is 17.6 Å². The van der Waals surface area contributed by atoms with Crippen molar-refractivity contribution in [1.82, 2.24) is 4.98 Å². The number of benzene rings is 1. The average Bonchev–Trinajstić information content (AvgIpc) is 2.67. The minimum absolute atomic E-state index is 0.331. The van der Waals surface area contributed by atoms with Gasteiger partial charge in [0.15, 0.2) is 5.13 Å². The summed E-state index contributed by atoms with van der Waals surface area (Å²) in [5.41, 5.74) is 7.42. The van der Waals surface area contributed by atoms with E-state index >= 15 is 0 Å². The summed E-state index contributed by atoms with van der Waals surface area (Å²) in [6, 6.07) is 5.68. The maximum atomic E-state index is 9.79. The number of thiazole rings is 1. The molecule has 2 aromatic rings. The Bertz CT molecular complexity index is 524. The molecule has 0 saturated carbocycles. The van der Waals surface area contributed by atoms with Gasteiger partial charge in [-0.1, -0.05) is 25.2 Å². The lowest BCUT2D eigenvalue weighted by Crippen LogP contribution is -2.21. The number of nitrogens with two attached hydrogens (primary N) is 1. The van der Waals surface area contributed by atoms with Crippen LogP contribution in [0.25, 0.3) is 10.2 Å². The molecule has 1 aromatic heterocycles. The molecule has 98 valence electrons. The second-order valence-corrected chi connectivity index (χ2v) is 5.94. The van der Waals surface area contributed by atoms with E-state index in [9.17, 15) is 5.11 Å². The molecule has 1 aromatic carbocycles. The van der Waals surface area contributed by atoms with E-state index in [1.165, 1.54) is 0 Å². The van der Waals surface area contributed by atoms with Crippen molar-refractivity contribution in [3.8, 4) is 0 Å². The van der Waals surface area contributed by atoms with E-state index in [4.69, 9.17) is 5.73 Å². The average molecular weight is 265 g/mol. The van der Waals surface area contributed by atoms with Crippen molar-refractivity contribution in [3.05, 3.63) is 18.2 Å². The molecule has 18 heavy (non-hydrogen) atoms. The highest BCUT2D eigenvalue weighted by molar-refractivity contribution is 7.22. The smallest absolute Gasteiger partial charge is 0.183 e. The lowest BCUT2D eigenvalue weighted by Gasteiger charge is -2.12. The number of hydrogen-bond donors (Lipinski definition) is 3. The Kier molecular flexibility index (Phi) is 4.04. The predicted octanol–water partition coefficient (Wildman–Crippen LogP) is 2.70. The highest BCUT2D eigenvalue weighted by Gasteiger charge is 2.08. The van der Waals surface area contributed by atoms with Crippen molar-refractivity contribution in [2.45, 2.75) is 26.4 Å². The molecule has 1 atom stereocenters. The Hall–Kier alpha value is -1.33. The molecule has 1 unspecified atom stereocenters. The SMILES string of the molecule is CC(C)CC(O)CNc1nc2ccc(N)cc2s1. The maximum Gasteiger partial charge on any atom is 0.183 e. The van der Waals surface area contributed by atoms with Gasteiger partial charge < -0.3 is 16.2 Å². The summed E-state index contributed by atoms with van der Waals surface area (Å²) in [4.78, 5) is 4.45. The lowest BCUT2D eigenvalue weighted by atomic mass is 10.1. The number of aliphatic hydroxyl groups is 1. The first kappa shape index (κ1) is 13.1. The fraction of sp³-hybridized carbons (Fsp3) is 0.462. The highest BCUT2D eigenvalue weighted by Crippen LogP contribution is 2.27.